The van der Waals surface area contributed by atoms with Crippen molar-refractivity contribution in [3.8, 4) is 11.3 Å². The highest BCUT2D eigenvalue weighted by Gasteiger charge is 2.34. The molecular weight excluding hydrogens is 464 g/mol. The van der Waals surface area contributed by atoms with Crippen LogP contribution in [-0.4, -0.2) is 47.1 Å². The van der Waals surface area contributed by atoms with Crippen LogP contribution >= 0.6 is 0 Å². The number of hydrogen-bond donors (Lipinski definition) is 1. The van der Waals surface area contributed by atoms with Crippen LogP contribution in [0.15, 0.2) is 83.6 Å². The van der Waals surface area contributed by atoms with Gasteiger partial charge in [0, 0.05) is 61.9 Å². The Bertz CT molecular complexity index is 1610. The number of nitrogens with zero attached hydrogens (tertiary/aromatic N) is 5. The molecule has 2 aromatic heterocycles. The van der Waals surface area contributed by atoms with E-state index in [1.54, 1.807) is 12.4 Å². The molecular formula is C29H24N6O2. The number of ketones is 1. The topological polar surface area (TPSA) is 87.4 Å². The number of benzene rings is 3. The lowest BCUT2D eigenvalue weighted by Gasteiger charge is -2.36. The van der Waals surface area contributed by atoms with Gasteiger partial charge in [-0.25, -0.2) is 9.97 Å². The largest absolute Gasteiger partial charge is 0.380 e. The Balaban J connectivity index is 1.31. The molecule has 2 aliphatic rings. The van der Waals surface area contributed by atoms with Crippen molar-refractivity contribution in [3.05, 3.63) is 95.8 Å². The molecule has 0 bridgehead atoms. The normalized spacial score (nSPS) is 14.6. The van der Waals surface area contributed by atoms with Gasteiger partial charge in [-0.3, -0.25) is 4.79 Å². The zero-order valence-corrected chi connectivity index (χ0v) is 20.1. The van der Waals surface area contributed by atoms with Crippen molar-refractivity contribution in [2.45, 2.75) is 6.54 Å². The first-order valence-corrected chi connectivity index (χ1v) is 12.4. The minimum Gasteiger partial charge on any atom is -0.380 e. The minimum absolute atomic E-state index is 0.00976. The Hall–Kier alpha value is -4.72. The van der Waals surface area contributed by atoms with E-state index in [4.69, 9.17) is 4.52 Å². The molecule has 8 nitrogen and oxygen atoms in total. The number of aromatic nitrogens is 3. The number of piperazine rings is 1. The summed E-state index contributed by atoms with van der Waals surface area (Å²) in [5.41, 5.74) is 5.68. The van der Waals surface area contributed by atoms with Crippen molar-refractivity contribution in [1.82, 2.24) is 15.1 Å². The van der Waals surface area contributed by atoms with E-state index in [9.17, 15) is 4.79 Å². The molecule has 1 aliphatic carbocycles. The smallest absolute Gasteiger partial charge is 0.225 e. The number of rotatable bonds is 5. The Kier molecular flexibility index (Phi) is 5.09. The van der Waals surface area contributed by atoms with Gasteiger partial charge in [0.2, 0.25) is 5.95 Å². The average molecular weight is 489 g/mol. The third-order valence-corrected chi connectivity index (χ3v) is 7.16. The van der Waals surface area contributed by atoms with Crippen molar-refractivity contribution in [2.75, 3.05) is 41.3 Å². The lowest BCUT2D eigenvalue weighted by atomic mass is 9.86. The van der Waals surface area contributed by atoms with Crippen molar-refractivity contribution in [1.29, 1.82) is 0 Å². The monoisotopic (exact) mass is 488 g/mol. The van der Waals surface area contributed by atoms with Crippen LogP contribution in [0.2, 0.25) is 0 Å². The minimum atomic E-state index is -0.00976. The maximum absolute atomic E-state index is 13.8. The van der Waals surface area contributed by atoms with Gasteiger partial charge in [-0.2, -0.15) is 0 Å². The standard InChI is InChI=1S/C29H24N6O2/c36-27-20-9-4-5-10-21(20)28-25-24(27)22(32-18-19-7-2-1-3-8-19)17-23(26(25)33-37-28)34-13-15-35(16-14-34)29-30-11-6-12-31-29/h1-12,17,32H,13-16,18H2. The average Bonchev–Trinajstić information content (AvgIpc) is 3.41. The fourth-order valence-electron chi connectivity index (χ4n) is 5.32. The summed E-state index contributed by atoms with van der Waals surface area (Å²) in [5, 5.41) is 8.83. The van der Waals surface area contributed by atoms with Crippen LogP contribution in [0.4, 0.5) is 17.3 Å². The fraction of sp³-hybridized carbons (Fsp3) is 0.172. The number of hydrogen-bond acceptors (Lipinski definition) is 8. The third kappa shape index (κ3) is 3.60. The van der Waals surface area contributed by atoms with Gasteiger partial charge in [0.1, 0.15) is 5.52 Å². The van der Waals surface area contributed by atoms with E-state index >= 15 is 0 Å². The number of carbonyl (C=O) groups is 1. The second-order valence-corrected chi connectivity index (χ2v) is 9.29. The van der Waals surface area contributed by atoms with E-state index in [0.717, 1.165) is 65.5 Å². The lowest BCUT2D eigenvalue weighted by molar-refractivity contribution is 0.104. The van der Waals surface area contributed by atoms with Gasteiger partial charge >= 0.3 is 0 Å². The molecule has 0 unspecified atom stereocenters. The van der Waals surface area contributed by atoms with Gasteiger partial charge < -0.3 is 19.6 Å². The lowest BCUT2D eigenvalue weighted by Crippen LogP contribution is -2.47. The molecule has 37 heavy (non-hydrogen) atoms. The Labute approximate surface area is 213 Å². The molecule has 8 heteroatoms. The van der Waals surface area contributed by atoms with Crippen molar-refractivity contribution in [2.24, 2.45) is 0 Å². The summed E-state index contributed by atoms with van der Waals surface area (Å²) in [5.74, 6) is 1.39. The SMILES string of the molecule is O=C1c2ccccc2-c2onc3c(N4CCN(c5ncccn5)CC4)cc(NCc4ccccc4)c1c23. The van der Waals surface area contributed by atoms with E-state index in [1.165, 1.54) is 0 Å². The van der Waals surface area contributed by atoms with Crippen LogP contribution < -0.4 is 15.1 Å². The van der Waals surface area contributed by atoms with Crippen LogP contribution in [-0.2, 0) is 6.54 Å². The molecule has 0 atom stereocenters. The number of anilines is 3. The molecule has 3 heterocycles. The predicted octanol–water partition coefficient (Wildman–Crippen LogP) is 4.77. The van der Waals surface area contributed by atoms with Crippen molar-refractivity contribution >= 4 is 34.0 Å². The highest BCUT2D eigenvalue weighted by atomic mass is 16.5. The molecule has 5 aromatic rings. The number of fused-ring (bicyclic) bond motifs is 2. The van der Waals surface area contributed by atoms with E-state index in [0.29, 0.717) is 23.4 Å². The summed E-state index contributed by atoms with van der Waals surface area (Å²) in [7, 11) is 0. The first-order valence-electron chi connectivity index (χ1n) is 12.4. The summed E-state index contributed by atoms with van der Waals surface area (Å²) in [6, 6.07) is 21.7. The summed E-state index contributed by atoms with van der Waals surface area (Å²) >= 11 is 0. The molecule has 1 saturated heterocycles. The van der Waals surface area contributed by atoms with Crippen LogP contribution in [0.25, 0.3) is 22.2 Å². The molecule has 1 N–H and O–H groups in total. The maximum atomic E-state index is 13.8. The molecule has 1 fully saturated rings. The van der Waals surface area contributed by atoms with Gasteiger partial charge in [-0.05, 0) is 17.7 Å². The molecule has 3 aromatic carbocycles. The Morgan fingerprint density at radius 3 is 2.32 bits per heavy atom. The summed E-state index contributed by atoms with van der Waals surface area (Å²) in [6.07, 6.45) is 3.54. The quantitative estimate of drug-likeness (QED) is 0.371. The zero-order chi connectivity index (χ0) is 24.8. The highest BCUT2D eigenvalue weighted by molar-refractivity contribution is 6.28. The molecule has 0 spiro atoms. The first-order chi connectivity index (χ1) is 18.3. The zero-order valence-electron chi connectivity index (χ0n) is 20.1. The van der Waals surface area contributed by atoms with E-state index in [-0.39, 0.29) is 5.78 Å². The van der Waals surface area contributed by atoms with Crippen molar-refractivity contribution in [3.63, 3.8) is 0 Å². The molecule has 182 valence electrons. The summed E-state index contributed by atoms with van der Waals surface area (Å²) in [4.78, 5) is 27.1. The second kappa shape index (κ2) is 8.74. The molecule has 7 rings (SSSR count). The summed E-state index contributed by atoms with van der Waals surface area (Å²) in [6.45, 7) is 3.72. The molecule has 0 amide bonds. The summed E-state index contributed by atoms with van der Waals surface area (Å²) < 4.78 is 5.92. The predicted molar refractivity (Wildman–Crippen MR) is 143 cm³/mol. The van der Waals surface area contributed by atoms with Gasteiger partial charge in [0.25, 0.3) is 0 Å². The molecule has 0 saturated carbocycles. The van der Waals surface area contributed by atoms with Gasteiger partial charge in [-0.1, -0.05) is 59.8 Å². The number of carbonyl (C=O) groups excluding carboxylic acids is 1. The van der Waals surface area contributed by atoms with E-state index in [2.05, 4.69) is 48.4 Å². The van der Waals surface area contributed by atoms with Crippen LogP contribution in [0.1, 0.15) is 21.5 Å². The third-order valence-electron chi connectivity index (χ3n) is 7.16. The van der Waals surface area contributed by atoms with Gasteiger partial charge in [-0.15, -0.1) is 0 Å². The van der Waals surface area contributed by atoms with Crippen LogP contribution in [0.5, 0.6) is 0 Å². The van der Waals surface area contributed by atoms with Crippen LogP contribution in [0, 0.1) is 0 Å². The molecule has 1 aliphatic heterocycles. The second-order valence-electron chi connectivity index (χ2n) is 9.29. The van der Waals surface area contributed by atoms with Crippen LogP contribution in [0.3, 0.4) is 0 Å². The van der Waals surface area contributed by atoms with Gasteiger partial charge in [0.05, 0.1) is 16.6 Å². The Morgan fingerprint density at radius 1 is 0.838 bits per heavy atom. The fourth-order valence-corrected chi connectivity index (χ4v) is 5.32. The molecule has 0 radical (unpaired) electrons. The highest BCUT2D eigenvalue weighted by Crippen LogP contribution is 2.46. The first kappa shape index (κ1) is 21.6. The van der Waals surface area contributed by atoms with E-state index < -0.39 is 0 Å². The van der Waals surface area contributed by atoms with Crippen molar-refractivity contribution < 1.29 is 9.32 Å². The van der Waals surface area contributed by atoms with Gasteiger partial charge in [0.15, 0.2) is 11.5 Å². The Morgan fingerprint density at radius 2 is 1.54 bits per heavy atom. The maximum Gasteiger partial charge on any atom is 0.225 e. The van der Waals surface area contributed by atoms with E-state index in [1.807, 2.05) is 48.5 Å². The number of nitrogens with one attached hydrogen (secondary N) is 1.